The summed E-state index contributed by atoms with van der Waals surface area (Å²) in [6, 6.07) is 2.83. The minimum Gasteiger partial charge on any atom is -0.403 e. The maximum atomic E-state index is 10.9. The van der Waals surface area contributed by atoms with Crippen molar-refractivity contribution < 1.29 is 4.74 Å². The van der Waals surface area contributed by atoms with Gasteiger partial charge in [-0.3, -0.25) is 4.79 Å². The molecule has 20 heavy (non-hydrogen) atoms. The molecule has 2 rings (SSSR count). The van der Waals surface area contributed by atoms with Crippen LogP contribution in [0.25, 0.3) is 0 Å². The lowest BCUT2D eigenvalue weighted by Gasteiger charge is -2.08. The summed E-state index contributed by atoms with van der Waals surface area (Å²) >= 11 is 0. The van der Waals surface area contributed by atoms with Crippen LogP contribution in [0.1, 0.15) is 13.8 Å². The summed E-state index contributed by atoms with van der Waals surface area (Å²) in [7, 11) is 0. The Labute approximate surface area is 114 Å². The lowest BCUT2D eigenvalue weighted by molar-refractivity contribution is 0.417. The van der Waals surface area contributed by atoms with Crippen molar-refractivity contribution in [3.63, 3.8) is 0 Å². The van der Waals surface area contributed by atoms with E-state index in [0.717, 1.165) is 0 Å². The van der Waals surface area contributed by atoms with Crippen molar-refractivity contribution in [1.29, 1.82) is 0 Å². The monoisotopic (exact) mass is 277 g/mol. The molecule has 2 aromatic heterocycles. The highest BCUT2D eigenvalue weighted by Crippen LogP contribution is 2.16. The van der Waals surface area contributed by atoms with Crippen LogP contribution in [0.15, 0.2) is 16.9 Å². The molecule has 0 aliphatic heterocycles. The van der Waals surface area contributed by atoms with Crippen LogP contribution >= 0.6 is 0 Å². The Bertz CT molecular complexity index is 584. The highest BCUT2D eigenvalue weighted by molar-refractivity contribution is 5.36. The lowest BCUT2D eigenvalue weighted by atomic mass is 10.6. The molecule has 0 aliphatic carbocycles. The zero-order valence-corrected chi connectivity index (χ0v) is 11.2. The van der Waals surface area contributed by atoms with Crippen LogP contribution in [-0.2, 0) is 0 Å². The van der Waals surface area contributed by atoms with E-state index in [-0.39, 0.29) is 17.4 Å². The van der Waals surface area contributed by atoms with Gasteiger partial charge in [-0.15, -0.1) is 5.10 Å². The van der Waals surface area contributed by atoms with Crippen LogP contribution in [0.2, 0.25) is 0 Å². The summed E-state index contributed by atoms with van der Waals surface area (Å²) < 4.78 is 5.38. The Morgan fingerprint density at radius 3 is 2.25 bits per heavy atom. The Morgan fingerprint density at radius 2 is 1.75 bits per heavy atom. The van der Waals surface area contributed by atoms with E-state index >= 15 is 0 Å². The number of hydrogen-bond donors (Lipinski definition) is 3. The van der Waals surface area contributed by atoms with E-state index in [9.17, 15) is 4.79 Å². The molecule has 0 radical (unpaired) electrons. The van der Waals surface area contributed by atoms with Crippen LogP contribution in [-0.4, -0.2) is 38.2 Å². The largest absolute Gasteiger partial charge is 0.403 e. The SMILES string of the molecule is CCNc1nc(NCC)nc(Oc2ccc(=O)[nH]n2)n1. The summed E-state index contributed by atoms with van der Waals surface area (Å²) in [4.78, 5) is 23.3. The summed E-state index contributed by atoms with van der Waals surface area (Å²) in [6.07, 6.45) is 0. The fraction of sp³-hybridized carbons (Fsp3) is 0.364. The summed E-state index contributed by atoms with van der Waals surface area (Å²) in [5.41, 5.74) is -0.310. The summed E-state index contributed by atoms with van der Waals surface area (Å²) in [5, 5.41) is 12.0. The molecule has 0 bridgehead atoms. The normalized spacial score (nSPS) is 10.1. The Hall–Kier alpha value is -2.71. The van der Waals surface area contributed by atoms with E-state index in [1.165, 1.54) is 12.1 Å². The molecular weight excluding hydrogens is 262 g/mol. The minimum absolute atomic E-state index is 0.0893. The third-order valence-electron chi connectivity index (χ3n) is 2.13. The number of anilines is 2. The molecule has 0 spiro atoms. The molecule has 106 valence electrons. The number of ether oxygens (including phenoxy) is 1. The van der Waals surface area contributed by atoms with E-state index in [1.807, 2.05) is 13.8 Å². The smallest absolute Gasteiger partial charge is 0.330 e. The van der Waals surface area contributed by atoms with Gasteiger partial charge in [0, 0.05) is 25.2 Å². The molecule has 9 nitrogen and oxygen atoms in total. The van der Waals surface area contributed by atoms with Crippen LogP contribution < -0.4 is 20.9 Å². The van der Waals surface area contributed by atoms with Crippen molar-refractivity contribution in [3.8, 4) is 11.9 Å². The Balaban J connectivity index is 2.24. The maximum absolute atomic E-state index is 10.9. The molecule has 0 unspecified atom stereocenters. The number of rotatable bonds is 6. The van der Waals surface area contributed by atoms with Gasteiger partial charge in [-0.1, -0.05) is 0 Å². The first-order valence-corrected chi connectivity index (χ1v) is 6.18. The lowest BCUT2D eigenvalue weighted by Crippen LogP contribution is -2.10. The van der Waals surface area contributed by atoms with Crippen molar-refractivity contribution >= 4 is 11.9 Å². The van der Waals surface area contributed by atoms with Crippen molar-refractivity contribution in [2.75, 3.05) is 23.7 Å². The number of nitrogens with zero attached hydrogens (tertiary/aromatic N) is 4. The second-order valence-electron chi connectivity index (χ2n) is 3.69. The highest BCUT2D eigenvalue weighted by Gasteiger charge is 2.08. The number of aromatic amines is 1. The number of nitrogens with one attached hydrogen (secondary N) is 3. The Kier molecular flexibility index (Phi) is 4.43. The molecular formula is C11H15N7O2. The van der Waals surface area contributed by atoms with Crippen LogP contribution in [0.4, 0.5) is 11.9 Å². The van der Waals surface area contributed by atoms with E-state index in [4.69, 9.17) is 4.74 Å². The summed E-state index contributed by atoms with van der Waals surface area (Å²) in [6.45, 7) is 5.21. The molecule has 0 saturated heterocycles. The topological polar surface area (TPSA) is 118 Å². The van der Waals surface area contributed by atoms with Gasteiger partial charge in [0.05, 0.1) is 0 Å². The van der Waals surface area contributed by atoms with Crippen LogP contribution in [0.5, 0.6) is 11.9 Å². The third kappa shape index (κ3) is 3.64. The predicted octanol–water partition coefficient (Wildman–Crippen LogP) is 0.611. The standard InChI is InChI=1S/C11H15N7O2/c1-3-12-9-14-10(13-4-2)16-11(15-9)20-8-6-5-7(19)17-18-8/h5-6H,3-4H2,1-2H3,(H,17,19)(H2,12,13,14,15,16). The second-order valence-corrected chi connectivity index (χ2v) is 3.69. The zero-order valence-electron chi connectivity index (χ0n) is 11.2. The van der Waals surface area contributed by atoms with Gasteiger partial charge in [0.15, 0.2) is 0 Å². The van der Waals surface area contributed by atoms with Crippen LogP contribution in [0, 0.1) is 0 Å². The van der Waals surface area contributed by atoms with Gasteiger partial charge in [-0.25, -0.2) is 5.10 Å². The summed E-state index contributed by atoms with van der Waals surface area (Å²) in [5.74, 6) is 0.997. The number of hydrogen-bond acceptors (Lipinski definition) is 8. The average Bonchev–Trinajstić information content (AvgIpc) is 2.42. The molecule has 0 aromatic carbocycles. The maximum Gasteiger partial charge on any atom is 0.330 e. The van der Waals surface area contributed by atoms with E-state index in [2.05, 4.69) is 35.8 Å². The van der Waals surface area contributed by atoms with Crippen molar-refractivity contribution in [1.82, 2.24) is 25.1 Å². The van der Waals surface area contributed by atoms with Crippen molar-refractivity contribution in [3.05, 3.63) is 22.5 Å². The number of H-pyrrole nitrogens is 1. The first kappa shape index (κ1) is 13.7. The number of aromatic nitrogens is 5. The fourth-order valence-corrected chi connectivity index (χ4v) is 1.36. The molecule has 2 heterocycles. The molecule has 0 aliphatic rings. The zero-order chi connectivity index (χ0) is 14.4. The average molecular weight is 277 g/mol. The van der Waals surface area contributed by atoms with Gasteiger partial charge < -0.3 is 15.4 Å². The highest BCUT2D eigenvalue weighted by atomic mass is 16.5. The molecule has 3 N–H and O–H groups in total. The molecule has 0 saturated carbocycles. The fourth-order valence-electron chi connectivity index (χ4n) is 1.36. The molecule has 0 fully saturated rings. The van der Waals surface area contributed by atoms with Gasteiger partial charge in [-0.05, 0) is 13.8 Å². The van der Waals surface area contributed by atoms with Gasteiger partial charge >= 0.3 is 6.01 Å². The first-order chi connectivity index (χ1) is 9.71. The quantitative estimate of drug-likeness (QED) is 0.703. The molecule has 9 heteroatoms. The van der Waals surface area contributed by atoms with Gasteiger partial charge in [0.1, 0.15) is 0 Å². The third-order valence-corrected chi connectivity index (χ3v) is 2.13. The molecule has 2 aromatic rings. The van der Waals surface area contributed by atoms with E-state index < -0.39 is 0 Å². The Morgan fingerprint density at radius 1 is 1.10 bits per heavy atom. The van der Waals surface area contributed by atoms with Crippen molar-refractivity contribution in [2.24, 2.45) is 0 Å². The van der Waals surface area contributed by atoms with E-state index in [0.29, 0.717) is 25.0 Å². The molecule has 0 amide bonds. The van der Waals surface area contributed by atoms with Gasteiger partial charge in [-0.2, -0.15) is 15.0 Å². The van der Waals surface area contributed by atoms with Gasteiger partial charge in [0.2, 0.25) is 17.8 Å². The van der Waals surface area contributed by atoms with Crippen molar-refractivity contribution in [2.45, 2.75) is 13.8 Å². The first-order valence-electron chi connectivity index (χ1n) is 6.18. The van der Waals surface area contributed by atoms with Crippen LogP contribution in [0.3, 0.4) is 0 Å². The van der Waals surface area contributed by atoms with Gasteiger partial charge in [0.25, 0.3) is 5.56 Å². The minimum atomic E-state index is -0.310. The van der Waals surface area contributed by atoms with E-state index in [1.54, 1.807) is 0 Å². The second kappa shape index (κ2) is 6.45. The predicted molar refractivity (Wildman–Crippen MR) is 73.1 cm³/mol. The molecule has 0 atom stereocenters.